The van der Waals surface area contributed by atoms with E-state index in [2.05, 4.69) is 10.2 Å². The molecule has 0 unspecified atom stereocenters. The molecule has 5 nitrogen and oxygen atoms in total. The first-order valence-corrected chi connectivity index (χ1v) is 9.23. The van der Waals surface area contributed by atoms with Crippen LogP contribution in [-0.2, 0) is 22.6 Å². The van der Waals surface area contributed by atoms with Gasteiger partial charge in [-0.1, -0.05) is 6.07 Å². The molecule has 0 bridgehead atoms. The Balaban J connectivity index is 1.36. The average Bonchev–Trinajstić information content (AvgIpc) is 3.30. The number of hydrogen-bond acceptors (Lipinski definition) is 5. The quantitative estimate of drug-likeness (QED) is 0.873. The van der Waals surface area contributed by atoms with E-state index < -0.39 is 0 Å². The van der Waals surface area contributed by atoms with Crippen LogP contribution in [0.3, 0.4) is 0 Å². The van der Waals surface area contributed by atoms with Crippen molar-refractivity contribution in [2.24, 2.45) is 11.3 Å². The number of furan rings is 1. The van der Waals surface area contributed by atoms with Gasteiger partial charge >= 0.3 is 0 Å². The lowest BCUT2D eigenvalue weighted by Crippen LogP contribution is -2.37. The smallest absolute Gasteiger partial charge is 0.221 e. The van der Waals surface area contributed by atoms with Gasteiger partial charge in [0.05, 0.1) is 32.6 Å². The number of thiophene rings is 1. The van der Waals surface area contributed by atoms with E-state index in [-0.39, 0.29) is 11.3 Å². The lowest BCUT2D eigenvalue weighted by Gasteiger charge is -2.26. The van der Waals surface area contributed by atoms with Crippen LogP contribution in [0.15, 0.2) is 40.3 Å². The Morgan fingerprint density at radius 3 is 3.17 bits per heavy atom. The van der Waals surface area contributed by atoms with Crippen molar-refractivity contribution in [2.75, 3.05) is 26.3 Å². The third kappa shape index (κ3) is 3.27. The lowest BCUT2D eigenvalue weighted by molar-refractivity contribution is -0.123. The van der Waals surface area contributed by atoms with Gasteiger partial charge in [0.25, 0.3) is 0 Å². The van der Waals surface area contributed by atoms with E-state index in [1.54, 1.807) is 17.6 Å². The number of fused-ring (bicyclic) bond motifs is 1. The summed E-state index contributed by atoms with van der Waals surface area (Å²) < 4.78 is 11.2. The highest BCUT2D eigenvalue weighted by Crippen LogP contribution is 2.44. The van der Waals surface area contributed by atoms with Crippen molar-refractivity contribution in [2.45, 2.75) is 19.5 Å². The maximum atomic E-state index is 12.5. The van der Waals surface area contributed by atoms with Crippen molar-refractivity contribution >= 4 is 17.2 Å². The summed E-state index contributed by atoms with van der Waals surface area (Å²) in [6.45, 7) is 4.73. The Labute approximate surface area is 145 Å². The molecule has 0 aromatic carbocycles. The minimum absolute atomic E-state index is 0.0495. The first-order valence-electron chi connectivity index (χ1n) is 8.35. The highest BCUT2D eigenvalue weighted by Gasteiger charge is 2.51. The molecule has 6 heteroatoms. The lowest BCUT2D eigenvalue weighted by atomic mass is 9.78. The van der Waals surface area contributed by atoms with Gasteiger partial charge in [0.2, 0.25) is 5.91 Å². The summed E-state index contributed by atoms with van der Waals surface area (Å²) in [5.74, 6) is 1.53. The molecule has 0 spiro atoms. The second-order valence-corrected chi connectivity index (χ2v) is 7.89. The number of ether oxygens (including phenoxy) is 1. The first-order chi connectivity index (χ1) is 11.7. The second-order valence-electron chi connectivity index (χ2n) is 6.86. The van der Waals surface area contributed by atoms with Gasteiger partial charge in [0.15, 0.2) is 0 Å². The SMILES string of the molecule is O=C(C[C@]12COC[C@H]1CN(Cc1ccco1)C2)NCc1cccs1. The summed E-state index contributed by atoms with van der Waals surface area (Å²) >= 11 is 1.67. The monoisotopic (exact) mass is 346 g/mol. The summed E-state index contributed by atoms with van der Waals surface area (Å²) in [6, 6.07) is 7.98. The fourth-order valence-electron chi connectivity index (χ4n) is 3.92. The van der Waals surface area contributed by atoms with Crippen molar-refractivity contribution in [3.05, 3.63) is 46.5 Å². The number of carbonyl (C=O) groups excluding carboxylic acids is 1. The molecule has 4 heterocycles. The molecule has 2 aromatic rings. The van der Waals surface area contributed by atoms with E-state index in [4.69, 9.17) is 9.15 Å². The molecule has 2 aromatic heterocycles. The maximum Gasteiger partial charge on any atom is 0.221 e. The summed E-state index contributed by atoms with van der Waals surface area (Å²) in [5, 5.41) is 5.09. The summed E-state index contributed by atoms with van der Waals surface area (Å²) in [5.41, 5.74) is -0.0495. The molecule has 4 rings (SSSR count). The molecule has 0 aliphatic carbocycles. The van der Waals surface area contributed by atoms with E-state index in [0.717, 1.165) is 32.0 Å². The van der Waals surface area contributed by atoms with Gasteiger partial charge in [-0.3, -0.25) is 9.69 Å². The molecule has 128 valence electrons. The molecule has 24 heavy (non-hydrogen) atoms. The Bertz CT molecular complexity index is 671. The minimum atomic E-state index is -0.0495. The molecule has 0 saturated carbocycles. The standard InChI is InChI=1S/C18H22N2O3S/c21-17(19-8-16-4-2-6-24-16)7-18-12-20(9-14(18)11-22-13-18)10-15-3-1-5-23-15/h1-6,14H,7-13H2,(H,19,21)/t14-,18+/m1/s1. The van der Waals surface area contributed by atoms with Gasteiger partial charge in [-0.05, 0) is 23.6 Å². The number of likely N-dealkylation sites (tertiary alicyclic amines) is 1. The van der Waals surface area contributed by atoms with Crippen LogP contribution in [0.25, 0.3) is 0 Å². The predicted molar refractivity (Wildman–Crippen MR) is 91.5 cm³/mol. The van der Waals surface area contributed by atoms with E-state index in [1.165, 1.54) is 4.88 Å². The molecule has 1 N–H and O–H groups in total. The molecule has 1 amide bonds. The Hall–Kier alpha value is -1.63. The second kappa shape index (κ2) is 6.70. The van der Waals surface area contributed by atoms with E-state index >= 15 is 0 Å². The highest BCUT2D eigenvalue weighted by atomic mass is 32.1. The number of amides is 1. The molecule has 2 aliphatic heterocycles. The van der Waals surface area contributed by atoms with Gasteiger partial charge in [-0.25, -0.2) is 0 Å². The van der Waals surface area contributed by atoms with Crippen LogP contribution < -0.4 is 5.32 Å². The minimum Gasteiger partial charge on any atom is -0.468 e. The average molecular weight is 346 g/mol. The molecule has 2 fully saturated rings. The molecule has 2 atom stereocenters. The van der Waals surface area contributed by atoms with Crippen LogP contribution >= 0.6 is 11.3 Å². The van der Waals surface area contributed by atoms with Crippen LogP contribution in [0.4, 0.5) is 0 Å². The van der Waals surface area contributed by atoms with Crippen molar-refractivity contribution in [3.8, 4) is 0 Å². The zero-order valence-electron chi connectivity index (χ0n) is 13.6. The third-order valence-electron chi connectivity index (χ3n) is 5.10. The van der Waals surface area contributed by atoms with Crippen LogP contribution in [0.1, 0.15) is 17.1 Å². The van der Waals surface area contributed by atoms with Crippen LogP contribution in [0.2, 0.25) is 0 Å². The van der Waals surface area contributed by atoms with Crippen molar-refractivity contribution in [1.29, 1.82) is 0 Å². The normalized spacial score (nSPS) is 26.6. The number of nitrogens with zero attached hydrogens (tertiary/aromatic N) is 1. The maximum absolute atomic E-state index is 12.5. The van der Waals surface area contributed by atoms with Gasteiger partial charge in [0.1, 0.15) is 5.76 Å². The van der Waals surface area contributed by atoms with Crippen molar-refractivity contribution in [3.63, 3.8) is 0 Å². The zero-order chi connectivity index (χ0) is 16.4. The Morgan fingerprint density at radius 2 is 2.38 bits per heavy atom. The predicted octanol–water partition coefficient (Wildman–Crippen LogP) is 2.50. The first kappa shape index (κ1) is 15.9. The van der Waals surface area contributed by atoms with E-state index in [1.807, 2.05) is 29.6 Å². The highest BCUT2D eigenvalue weighted by molar-refractivity contribution is 7.09. The summed E-state index contributed by atoms with van der Waals surface area (Å²) in [7, 11) is 0. The van der Waals surface area contributed by atoms with Crippen molar-refractivity contribution < 1.29 is 13.9 Å². The van der Waals surface area contributed by atoms with E-state index in [9.17, 15) is 4.79 Å². The van der Waals surface area contributed by atoms with Crippen LogP contribution in [0.5, 0.6) is 0 Å². The number of carbonyl (C=O) groups is 1. The van der Waals surface area contributed by atoms with Gasteiger partial charge in [-0.15, -0.1) is 11.3 Å². The van der Waals surface area contributed by atoms with Crippen molar-refractivity contribution in [1.82, 2.24) is 10.2 Å². The number of hydrogen-bond donors (Lipinski definition) is 1. The summed E-state index contributed by atoms with van der Waals surface area (Å²) in [4.78, 5) is 16.0. The largest absolute Gasteiger partial charge is 0.468 e. The fraction of sp³-hybridized carbons (Fsp3) is 0.500. The molecule has 2 aliphatic rings. The molecule has 2 saturated heterocycles. The van der Waals surface area contributed by atoms with Gasteiger partial charge < -0.3 is 14.5 Å². The number of nitrogens with one attached hydrogen (secondary N) is 1. The van der Waals surface area contributed by atoms with Crippen LogP contribution in [0, 0.1) is 11.3 Å². The molecule has 0 radical (unpaired) electrons. The van der Waals surface area contributed by atoms with Gasteiger partial charge in [-0.2, -0.15) is 0 Å². The zero-order valence-corrected chi connectivity index (χ0v) is 14.4. The van der Waals surface area contributed by atoms with Gasteiger partial charge in [0, 0.05) is 35.7 Å². The number of rotatable bonds is 6. The molecular weight excluding hydrogens is 324 g/mol. The fourth-order valence-corrected chi connectivity index (χ4v) is 4.56. The molecular formula is C18H22N2O3S. The topological polar surface area (TPSA) is 54.7 Å². The Morgan fingerprint density at radius 1 is 1.42 bits per heavy atom. The van der Waals surface area contributed by atoms with Crippen LogP contribution in [-0.4, -0.2) is 37.1 Å². The Kier molecular flexibility index (Phi) is 4.43. The summed E-state index contributed by atoms with van der Waals surface area (Å²) in [6.07, 6.45) is 2.25. The van der Waals surface area contributed by atoms with E-state index in [0.29, 0.717) is 25.5 Å². The third-order valence-corrected chi connectivity index (χ3v) is 5.98.